The van der Waals surface area contributed by atoms with Crippen molar-refractivity contribution in [3.05, 3.63) is 279 Å². The number of anilines is 6. The van der Waals surface area contributed by atoms with Gasteiger partial charge in [-0.05, 0) is 105 Å². The Morgan fingerprint density at radius 1 is 0.354 bits per heavy atom. The van der Waals surface area contributed by atoms with Crippen LogP contribution >= 0.6 is 18.8 Å². The number of ether oxygens (including phenoxy) is 1. The van der Waals surface area contributed by atoms with Crippen LogP contribution in [0, 0.1) is 12.1 Å². The zero-order chi connectivity index (χ0) is 53.9. The first-order valence-electron chi connectivity index (χ1n) is 25.2. The molecule has 0 unspecified atom stereocenters. The number of hydrogen-bond donors (Lipinski definition) is 0. The monoisotopic (exact) mass is 1430 g/mol. The van der Waals surface area contributed by atoms with Gasteiger partial charge in [0.2, 0.25) is 0 Å². The summed E-state index contributed by atoms with van der Waals surface area (Å²) >= 11 is 3.22. The molecule has 14 rings (SSSR count). The Hall–Kier alpha value is -8.16. The van der Waals surface area contributed by atoms with E-state index >= 15 is 0 Å². The summed E-state index contributed by atoms with van der Waals surface area (Å²) in [5.74, 6) is 3.18. The van der Waals surface area contributed by atoms with Gasteiger partial charge in [-0.15, -0.1) is 36.4 Å². The number of pyridine rings is 2. The van der Waals surface area contributed by atoms with Crippen molar-refractivity contribution in [2.45, 2.75) is 12.8 Å². The predicted octanol–water partition coefficient (Wildman–Crippen LogP) is 17.3. The summed E-state index contributed by atoms with van der Waals surface area (Å²) in [6, 6.07) is 82.0. The van der Waals surface area contributed by atoms with Gasteiger partial charge >= 0.3 is 56.4 Å². The smallest absolute Gasteiger partial charge is 0.179 e. The first kappa shape index (κ1) is 52.9. The van der Waals surface area contributed by atoms with Crippen LogP contribution in [0.3, 0.4) is 0 Å². The van der Waals surface area contributed by atoms with Crippen molar-refractivity contribution in [2.24, 2.45) is 0 Å². The number of benzene rings is 8. The second-order valence-corrected chi connectivity index (χ2v) is 18.3. The molecule has 0 amide bonds. The fourth-order valence-corrected chi connectivity index (χ4v) is 9.83. The van der Waals surface area contributed by atoms with Crippen molar-refractivity contribution in [3.63, 3.8) is 0 Å². The molecule has 2 aliphatic rings. The molecule has 13 heteroatoms. The van der Waals surface area contributed by atoms with E-state index in [9.17, 15) is 0 Å². The van der Waals surface area contributed by atoms with Gasteiger partial charge in [-0.1, -0.05) is 157 Å². The summed E-state index contributed by atoms with van der Waals surface area (Å²) in [5.41, 5.74) is 17.3. The Morgan fingerprint density at radius 2 is 0.759 bits per heavy atom. The molecule has 0 bridgehead atoms. The van der Waals surface area contributed by atoms with Crippen LogP contribution in [0.4, 0.5) is 34.4 Å². The van der Waals surface area contributed by atoms with Gasteiger partial charge in [-0.25, -0.2) is 9.97 Å². The van der Waals surface area contributed by atoms with Crippen LogP contribution in [0.5, 0.6) is 11.5 Å². The van der Waals surface area contributed by atoms with Gasteiger partial charge in [0.1, 0.15) is 5.82 Å². The molecule has 4 aromatic heterocycles. The number of fused-ring (bicyclic) bond motifs is 4. The normalized spacial score (nSPS) is 11.8. The fraction of sp³-hybridized carbons (Fsp3) is 0.0303. The number of aryl methyl sites for hydroxylation is 2. The number of aromatic nitrogens is 6. The van der Waals surface area contributed by atoms with Crippen LogP contribution in [0.15, 0.2) is 256 Å². The Labute approximate surface area is 490 Å². The summed E-state index contributed by atoms with van der Waals surface area (Å²) in [7, 11) is 9.22. The standard InChI is InChI=1S/C34H25N4.C32H21N4O.2ClH.2Pt/c1-2-8-25(9-3-1)26-15-17-27(18-16-26)30-23-36-37(24-30)31-12-6-13-32(22-31)38-33-14-5-4-10-28(33)19-20-29-11-7-21-35-34(29)38;1-2-8-23(9-3-1)24-15-17-25(18-16-24)26-21-34-35(22-26)27-10-6-11-28(20-27)36-29-12-4-5-13-30(29)37-31-14-7-19-33-32(31)36;;;;/h1-18,21,23-24H,19-20H2;1-19,21-22H;2*1H;;/q2*-1;;;2*+2/p-2. The van der Waals surface area contributed by atoms with E-state index in [1.807, 2.05) is 113 Å². The molecule has 0 atom stereocenters. The first-order chi connectivity index (χ1) is 39.2. The topological polar surface area (TPSA) is 77.1 Å². The van der Waals surface area contributed by atoms with E-state index in [1.54, 1.807) is 43.7 Å². The van der Waals surface area contributed by atoms with E-state index in [0.29, 0.717) is 5.75 Å². The minimum absolute atomic E-state index is 0.709. The van der Waals surface area contributed by atoms with Crippen molar-refractivity contribution in [1.82, 2.24) is 29.5 Å². The number of halogens is 2. The van der Waals surface area contributed by atoms with Crippen LogP contribution in [0.2, 0.25) is 0 Å². The minimum atomic E-state index is 0.709. The molecule has 6 heterocycles. The average molecular weight is 1430 g/mol. The summed E-state index contributed by atoms with van der Waals surface area (Å²) in [5, 5.41) is 9.33. The van der Waals surface area contributed by atoms with Gasteiger partial charge in [0.05, 0.1) is 18.1 Å². The van der Waals surface area contributed by atoms with Crippen LogP contribution < -0.4 is 14.5 Å². The molecule has 0 aliphatic carbocycles. The molecule has 79 heavy (non-hydrogen) atoms. The van der Waals surface area contributed by atoms with Crippen LogP contribution in [0.1, 0.15) is 11.1 Å². The van der Waals surface area contributed by atoms with Crippen LogP contribution in [-0.4, -0.2) is 29.5 Å². The number of hydrogen-bond acceptors (Lipinski definition) is 7. The fourth-order valence-electron chi connectivity index (χ4n) is 9.83. The maximum absolute atomic E-state index is 6.10. The Bertz CT molecular complexity index is 3880. The summed E-state index contributed by atoms with van der Waals surface area (Å²) in [6.07, 6.45) is 13.5. The second-order valence-electron chi connectivity index (χ2n) is 18.3. The number of para-hydroxylation sites is 3. The minimum Gasteiger partial charge on any atom is -0.451 e. The molecular formula is C66H46Cl2N8OPt2. The van der Waals surface area contributed by atoms with Gasteiger partial charge in [0.25, 0.3) is 0 Å². The number of rotatable bonds is 8. The zero-order valence-corrected chi connectivity index (χ0v) is 48.1. The molecule has 390 valence electrons. The molecule has 8 aromatic carbocycles. The Morgan fingerprint density at radius 3 is 1.33 bits per heavy atom. The van der Waals surface area contributed by atoms with Crippen molar-refractivity contribution in [2.75, 3.05) is 9.80 Å². The van der Waals surface area contributed by atoms with E-state index in [4.69, 9.17) is 9.72 Å². The maximum atomic E-state index is 6.10. The number of nitrogens with zero attached hydrogens (tertiary/aromatic N) is 8. The molecule has 0 saturated carbocycles. The van der Waals surface area contributed by atoms with Crippen molar-refractivity contribution in [3.8, 4) is 67.4 Å². The molecule has 0 spiro atoms. The summed E-state index contributed by atoms with van der Waals surface area (Å²) < 4.78 is 9.85. The van der Waals surface area contributed by atoms with E-state index in [-0.39, 0.29) is 0 Å². The molecule has 12 aromatic rings. The van der Waals surface area contributed by atoms with E-state index in [1.165, 1.54) is 33.4 Å². The Kier molecular flexibility index (Phi) is 16.8. The van der Waals surface area contributed by atoms with Crippen LogP contribution in [0.25, 0.3) is 55.9 Å². The largest absolute Gasteiger partial charge is 0.451 e. The molecule has 0 radical (unpaired) electrons. The Balaban J connectivity index is 0.000000157. The summed E-state index contributed by atoms with van der Waals surface area (Å²) in [6.45, 7) is 0. The third-order valence-electron chi connectivity index (χ3n) is 13.6. The average Bonchev–Trinajstić information content (AvgIpc) is 4.30. The molecule has 0 N–H and O–H groups in total. The van der Waals surface area contributed by atoms with Gasteiger partial charge in [-0.3, -0.25) is 9.36 Å². The van der Waals surface area contributed by atoms with Gasteiger partial charge in [0.15, 0.2) is 17.3 Å². The first-order valence-corrected chi connectivity index (χ1v) is 30.8. The molecule has 2 aliphatic heterocycles. The third-order valence-corrected chi connectivity index (χ3v) is 13.6. The van der Waals surface area contributed by atoms with Gasteiger partial charge in [0, 0.05) is 41.6 Å². The maximum Gasteiger partial charge on any atom is 0.179 e. The zero-order valence-electron chi connectivity index (χ0n) is 42.0. The molecule has 0 saturated heterocycles. The molecular weight excluding hydrogens is 1380 g/mol. The van der Waals surface area contributed by atoms with E-state index in [2.05, 4.69) is 202 Å². The second kappa shape index (κ2) is 25.1. The van der Waals surface area contributed by atoms with Gasteiger partial charge in [-0.2, -0.15) is 22.3 Å². The predicted molar refractivity (Wildman–Crippen MR) is 311 cm³/mol. The van der Waals surface area contributed by atoms with Crippen molar-refractivity contribution >= 4 is 53.2 Å². The third kappa shape index (κ3) is 11.5. The molecule has 0 fully saturated rings. The van der Waals surface area contributed by atoms with E-state index < -0.39 is 0 Å². The molecule has 9 nitrogen and oxygen atoms in total. The quantitative estimate of drug-likeness (QED) is 0.140. The van der Waals surface area contributed by atoms with Crippen molar-refractivity contribution < 1.29 is 42.3 Å². The SMILES string of the molecule is [Cl][Pt+].[Cl][Pt+].[c-]1c(N2c3ccccc3CCc3cccnc32)cccc1-n1cc(-c2ccc(-c3ccccc3)cc2)cn1.[c-]1c(N2c3ccccc3Oc3cccnc32)cccc1-n1cc(-c2ccc(-c3ccccc3)cc2)cn1. The van der Waals surface area contributed by atoms with Crippen molar-refractivity contribution in [1.29, 1.82) is 0 Å². The van der Waals surface area contributed by atoms with Crippen LogP contribution in [-0.2, 0) is 50.4 Å². The van der Waals surface area contributed by atoms with Gasteiger partial charge < -0.3 is 14.5 Å². The van der Waals surface area contributed by atoms with E-state index in [0.717, 1.165) is 86.6 Å². The summed E-state index contributed by atoms with van der Waals surface area (Å²) in [4.78, 5) is 13.7.